The Kier molecular flexibility index (Phi) is 3.95. The highest BCUT2D eigenvalue weighted by molar-refractivity contribution is 6.02. The van der Waals surface area contributed by atoms with Crippen molar-refractivity contribution in [3.8, 4) is 0 Å². The third-order valence-electron chi connectivity index (χ3n) is 4.49. The number of carbonyl (C=O) groups is 2. The van der Waals surface area contributed by atoms with E-state index in [2.05, 4.69) is 12.2 Å². The number of piperidine rings is 1. The van der Waals surface area contributed by atoms with Crippen LogP contribution in [-0.4, -0.2) is 29.3 Å². The first kappa shape index (κ1) is 14.1. The van der Waals surface area contributed by atoms with Crippen LogP contribution in [0.1, 0.15) is 54.9 Å². The van der Waals surface area contributed by atoms with Gasteiger partial charge in [-0.2, -0.15) is 0 Å². The van der Waals surface area contributed by atoms with Crippen molar-refractivity contribution in [3.05, 3.63) is 29.3 Å². The summed E-state index contributed by atoms with van der Waals surface area (Å²) in [6.45, 7) is 3.02. The fraction of sp³-hybridized carbons (Fsp3) is 0.529. The van der Waals surface area contributed by atoms with E-state index in [0.29, 0.717) is 18.0 Å². The fourth-order valence-electron chi connectivity index (χ4n) is 3.41. The largest absolute Gasteiger partial charge is 0.336 e. The SMILES string of the molecule is CCCC1CCCCN1C(=O)c1ccc2c(c1)NC(=O)C2. The smallest absolute Gasteiger partial charge is 0.254 e. The second kappa shape index (κ2) is 5.88. The molecule has 2 aliphatic rings. The van der Waals surface area contributed by atoms with Gasteiger partial charge in [0.1, 0.15) is 0 Å². The van der Waals surface area contributed by atoms with Crippen LogP contribution in [0.2, 0.25) is 0 Å². The van der Waals surface area contributed by atoms with Gasteiger partial charge in [0.2, 0.25) is 5.91 Å². The molecule has 1 fully saturated rings. The van der Waals surface area contributed by atoms with E-state index >= 15 is 0 Å². The molecule has 0 radical (unpaired) electrons. The Morgan fingerprint density at radius 1 is 1.38 bits per heavy atom. The number of carbonyl (C=O) groups excluding carboxylic acids is 2. The Morgan fingerprint density at radius 2 is 2.24 bits per heavy atom. The van der Waals surface area contributed by atoms with E-state index in [1.807, 2.05) is 23.1 Å². The zero-order valence-corrected chi connectivity index (χ0v) is 12.5. The van der Waals surface area contributed by atoms with Crippen molar-refractivity contribution in [2.75, 3.05) is 11.9 Å². The summed E-state index contributed by atoms with van der Waals surface area (Å²) in [5, 5.41) is 2.82. The molecule has 3 rings (SSSR count). The van der Waals surface area contributed by atoms with Crippen molar-refractivity contribution in [1.29, 1.82) is 0 Å². The molecular weight excluding hydrogens is 264 g/mol. The minimum Gasteiger partial charge on any atom is -0.336 e. The van der Waals surface area contributed by atoms with Gasteiger partial charge in [-0.3, -0.25) is 9.59 Å². The molecule has 1 N–H and O–H groups in total. The molecule has 1 atom stereocenters. The maximum absolute atomic E-state index is 12.8. The first-order chi connectivity index (χ1) is 10.2. The van der Waals surface area contributed by atoms with Crippen LogP contribution in [0, 0.1) is 0 Å². The van der Waals surface area contributed by atoms with Gasteiger partial charge in [-0.05, 0) is 43.4 Å². The number of hydrogen-bond acceptors (Lipinski definition) is 2. The monoisotopic (exact) mass is 286 g/mol. The highest BCUT2D eigenvalue weighted by Gasteiger charge is 2.28. The molecule has 2 amide bonds. The first-order valence-electron chi connectivity index (χ1n) is 7.93. The zero-order chi connectivity index (χ0) is 14.8. The Balaban J connectivity index is 1.81. The van der Waals surface area contributed by atoms with Crippen LogP contribution in [0.15, 0.2) is 18.2 Å². The summed E-state index contributed by atoms with van der Waals surface area (Å²) in [5.41, 5.74) is 2.48. The fourth-order valence-corrected chi connectivity index (χ4v) is 3.41. The van der Waals surface area contributed by atoms with E-state index in [1.165, 1.54) is 6.42 Å². The normalized spacial score (nSPS) is 21.1. The third kappa shape index (κ3) is 2.80. The van der Waals surface area contributed by atoms with Gasteiger partial charge in [0.05, 0.1) is 6.42 Å². The Labute approximate surface area is 125 Å². The summed E-state index contributed by atoms with van der Waals surface area (Å²) in [4.78, 5) is 26.2. The van der Waals surface area contributed by atoms with Gasteiger partial charge in [-0.1, -0.05) is 19.4 Å². The molecule has 0 spiro atoms. The van der Waals surface area contributed by atoms with E-state index in [-0.39, 0.29) is 11.8 Å². The molecular formula is C17H22N2O2. The number of nitrogens with one attached hydrogen (secondary N) is 1. The lowest BCUT2D eigenvalue weighted by atomic mass is 9.97. The highest BCUT2D eigenvalue weighted by atomic mass is 16.2. The van der Waals surface area contributed by atoms with Crippen LogP contribution < -0.4 is 5.32 Å². The highest BCUT2D eigenvalue weighted by Crippen LogP contribution is 2.27. The molecule has 0 saturated carbocycles. The van der Waals surface area contributed by atoms with Crippen LogP contribution in [0.25, 0.3) is 0 Å². The number of amides is 2. The average Bonchev–Trinajstić information content (AvgIpc) is 2.86. The van der Waals surface area contributed by atoms with Gasteiger partial charge in [0.25, 0.3) is 5.91 Å². The molecule has 1 aromatic carbocycles. The summed E-state index contributed by atoms with van der Waals surface area (Å²) >= 11 is 0. The molecule has 1 saturated heterocycles. The number of nitrogens with zero attached hydrogens (tertiary/aromatic N) is 1. The van der Waals surface area contributed by atoms with Crippen molar-refractivity contribution >= 4 is 17.5 Å². The van der Waals surface area contributed by atoms with Gasteiger partial charge in [-0.25, -0.2) is 0 Å². The van der Waals surface area contributed by atoms with Crippen molar-refractivity contribution in [2.24, 2.45) is 0 Å². The van der Waals surface area contributed by atoms with Crippen molar-refractivity contribution in [2.45, 2.75) is 51.5 Å². The van der Waals surface area contributed by atoms with E-state index < -0.39 is 0 Å². The van der Waals surface area contributed by atoms with Crippen molar-refractivity contribution in [1.82, 2.24) is 4.90 Å². The number of benzene rings is 1. The molecule has 1 unspecified atom stereocenters. The average molecular weight is 286 g/mol. The molecule has 0 aliphatic carbocycles. The molecule has 4 heteroatoms. The number of rotatable bonds is 3. The quantitative estimate of drug-likeness (QED) is 0.928. The predicted molar refractivity (Wildman–Crippen MR) is 82.4 cm³/mol. The molecule has 0 bridgehead atoms. The minimum absolute atomic E-state index is 0.0106. The maximum atomic E-state index is 12.8. The Bertz CT molecular complexity index is 566. The molecule has 112 valence electrons. The van der Waals surface area contributed by atoms with Crippen LogP contribution in [0.3, 0.4) is 0 Å². The lowest BCUT2D eigenvalue weighted by Gasteiger charge is -2.36. The zero-order valence-electron chi connectivity index (χ0n) is 12.5. The summed E-state index contributed by atoms with van der Waals surface area (Å²) in [6, 6.07) is 5.97. The van der Waals surface area contributed by atoms with Crippen LogP contribution >= 0.6 is 0 Å². The number of likely N-dealkylation sites (tertiary alicyclic amines) is 1. The van der Waals surface area contributed by atoms with Crippen LogP contribution in [0.5, 0.6) is 0 Å². The van der Waals surface area contributed by atoms with Gasteiger partial charge < -0.3 is 10.2 Å². The minimum atomic E-state index is 0.0106. The Morgan fingerprint density at radius 3 is 3.05 bits per heavy atom. The van der Waals surface area contributed by atoms with E-state index in [4.69, 9.17) is 0 Å². The standard InChI is InChI=1S/C17H22N2O2/c1-2-5-14-6-3-4-9-19(14)17(21)13-8-7-12-11-16(20)18-15(12)10-13/h7-8,10,14H,2-6,9,11H2,1H3,(H,18,20). The lowest BCUT2D eigenvalue weighted by Crippen LogP contribution is -2.43. The van der Waals surface area contributed by atoms with Gasteiger partial charge >= 0.3 is 0 Å². The van der Waals surface area contributed by atoms with Gasteiger partial charge in [0, 0.05) is 23.8 Å². The lowest BCUT2D eigenvalue weighted by molar-refractivity contribution is -0.115. The van der Waals surface area contributed by atoms with Gasteiger partial charge in [0.15, 0.2) is 0 Å². The van der Waals surface area contributed by atoms with Crippen molar-refractivity contribution < 1.29 is 9.59 Å². The number of anilines is 1. The number of hydrogen-bond donors (Lipinski definition) is 1. The molecule has 21 heavy (non-hydrogen) atoms. The van der Waals surface area contributed by atoms with E-state index in [0.717, 1.165) is 43.5 Å². The van der Waals surface area contributed by atoms with Gasteiger partial charge in [-0.15, -0.1) is 0 Å². The molecule has 1 aromatic rings. The van der Waals surface area contributed by atoms with Crippen LogP contribution in [-0.2, 0) is 11.2 Å². The molecule has 2 heterocycles. The number of fused-ring (bicyclic) bond motifs is 1. The predicted octanol–water partition coefficient (Wildman–Crippen LogP) is 2.98. The van der Waals surface area contributed by atoms with Crippen molar-refractivity contribution in [3.63, 3.8) is 0 Å². The van der Waals surface area contributed by atoms with E-state index in [1.54, 1.807) is 0 Å². The second-order valence-electron chi connectivity index (χ2n) is 6.03. The summed E-state index contributed by atoms with van der Waals surface area (Å²) in [5.74, 6) is 0.119. The maximum Gasteiger partial charge on any atom is 0.254 e. The van der Waals surface area contributed by atoms with Crippen LogP contribution in [0.4, 0.5) is 5.69 Å². The molecule has 4 nitrogen and oxygen atoms in total. The summed E-state index contributed by atoms with van der Waals surface area (Å²) in [6.07, 6.45) is 6.03. The third-order valence-corrected chi connectivity index (χ3v) is 4.49. The molecule has 2 aliphatic heterocycles. The summed E-state index contributed by atoms with van der Waals surface area (Å²) < 4.78 is 0. The topological polar surface area (TPSA) is 49.4 Å². The molecule has 0 aromatic heterocycles. The Hall–Kier alpha value is -1.84. The van der Waals surface area contributed by atoms with E-state index in [9.17, 15) is 9.59 Å². The summed E-state index contributed by atoms with van der Waals surface area (Å²) in [7, 11) is 0. The second-order valence-corrected chi connectivity index (χ2v) is 6.03. The first-order valence-corrected chi connectivity index (χ1v) is 7.93.